The Labute approximate surface area is 132 Å². The standard InChI is InChI=1S/C17H18N2O4/c20-15-5-13(23-10-16(15)21)9-18-6-11-4-12(8-18)14-2-1-3-17(22)19(14)7-11/h1-3,5,10-12,21H,4,6-9H2/t11-,12+/m0/s1. The molecule has 6 heteroatoms. The van der Waals surface area contributed by atoms with E-state index >= 15 is 0 Å². The molecule has 2 aromatic heterocycles. The van der Waals surface area contributed by atoms with E-state index < -0.39 is 5.43 Å². The van der Waals surface area contributed by atoms with Gasteiger partial charge in [-0.25, -0.2) is 0 Å². The second-order valence-electron chi connectivity index (χ2n) is 6.49. The van der Waals surface area contributed by atoms with Crippen LogP contribution >= 0.6 is 0 Å². The van der Waals surface area contributed by atoms with Crippen LogP contribution in [-0.4, -0.2) is 27.7 Å². The molecule has 4 rings (SSSR count). The van der Waals surface area contributed by atoms with E-state index in [0.29, 0.717) is 24.1 Å². The highest BCUT2D eigenvalue weighted by Crippen LogP contribution is 2.35. The summed E-state index contributed by atoms with van der Waals surface area (Å²) in [6.07, 6.45) is 2.19. The largest absolute Gasteiger partial charge is 0.502 e. The predicted octanol–water partition coefficient (Wildman–Crippen LogP) is 1.13. The zero-order chi connectivity index (χ0) is 16.0. The number of rotatable bonds is 2. The number of piperidine rings is 1. The first-order valence-electron chi connectivity index (χ1n) is 7.83. The summed E-state index contributed by atoms with van der Waals surface area (Å²) in [5, 5.41) is 9.26. The van der Waals surface area contributed by atoms with Gasteiger partial charge in [-0.3, -0.25) is 14.5 Å². The summed E-state index contributed by atoms with van der Waals surface area (Å²) in [6, 6.07) is 6.82. The number of nitrogens with zero attached hydrogens (tertiary/aromatic N) is 2. The summed E-state index contributed by atoms with van der Waals surface area (Å²) in [4.78, 5) is 25.8. The third-order valence-corrected chi connectivity index (χ3v) is 4.80. The number of aromatic hydroxyl groups is 1. The fourth-order valence-electron chi connectivity index (χ4n) is 3.87. The van der Waals surface area contributed by atoms with Gasteiger partial charge in [-0.2, -0.15) is 0 Å². The van der Waals surface area contributed by atoms with Gasteiger partial charge in [0, 0.05) is 43.4 Å². The number of fused-ring (bicyclic) bond motifs is 4. The first-order chi connectivity index (χ1) is 11.1. The van der Waals surface area contributed by atoms with E-state index in [9.17, 15) is 14.7 Å². The van der Waals surface area contributed by atoms with Crippen LogP contribution < -0.4 is 11.0 Å². The molecule has 0 saturated carbocycles. The molecule has 6 nitrogen and oxygen atoms in total. The molecule has 1 saturated heterocycles. The lowest BCUT2D eigenvalue weighted by molar-refractivity contribution is 0.107. The van der Waals surface area contributed by atoms with Crippen molar-refractivity contribution in [2.45, 2.75) is 25.4 Å². The van der Waals surface area contributed by atoms with Crippen LogP contribution in [0.1, 0.15) is 23.8 Å². The van der Waals surface area contributed by atoms with Gasteiger partial charge >= 0.3 is 0 Å². The number of aromatic nitrogens is 1. The minimum Gasteiger partial charge on any atom is -0.502 e. The maximum Gasteiger partial charge on any atom is 0.250 e. The van der Waals surface area contributed by atoms with Gasteiger partial charge in [0.2, 0.25) is 5.43 Å². The molecular weight excluding hydrogens is 296 g/mol. The maximum absolute atomic E-state index is 12.0. The molecule has 1 fully saturated rings. The first-order valence-corrected chi connectivity index (χ1v) is 7.83. The summed E-state index contributed by atoms with van der Waals surface area (Å²) in [6.45, 7) is 3.01. The molecule has 2 atom stereocenters. The molecule has 0 spiro atoms. The molecule has 0 radical (unpaired) electrons. The van der Waals surface area contributed by atoms with E-state index in [1.54, 1.807) is 6.07 Å². The molecule has 0 aliphatic carbocycles. The minimum absolute atomic E-state index is 0.0789. The Kier molecular flexibility index (Phi) is 3.34. The molecule has 120 valence electrons. The zero-order valence-electron chi connectivity index (χ0n) is 12.6. The number of likely N-dealkylation sites (tertiary alicyclic amines) is 1. The van der Waals surface area contributed by atoms with Gasteiger partial charge in [-0.05, 0) is 18.4 Å². The molecule has 2 aliphatic rings. The first kappa shape index (κ1) is 14.3. The Morgan fingerprint density at radius 1 is 1.22 bits per heavy atom. The fraction of sp³-hybridized carbons (Fsp3) is 0.412. The second kappa shape index (κ2) is 5.38. The van der Waals surface area contributed by atoms with Crippen LogP contribution in [-0.2, 0) is 13.1 Å². The van der Waals surface area contributed by atoms with Gasteiger partial charge in [0.15, 0.2) is 5.75 Å². The number of pyridine rings is 1. The van der Waals surface area contributed by atoms with Crippen molar-refractivity contribution in [2.24, 2.45) is 5.92 Å². The van der Waals surface area contributed by atoms with Crippen LogP contribution in [0.15, 0.2) is 44.5 Å². The van der Waals surface area contributed by atoms with Crippen molar-refractivity contribution in [3.05, 3.63) is 62.6 Å². The molecular formula is C17H18N2O4. The zero-order valence-corrected chi connectivity index (χ0v) is 12.6. The smallest absolute Gasteiger partial charge is 0.250 e. The molecule has 1 N–H and O–H groups in total. The van der Waals surface area contributed by atoms with E-state index in [4.69, 9.17) is 4.42 Å². The Balaban J connectivity index is 1.57. The lowest BCUT2D eigenvalue weighted by Crippen LogP contribution is -2.46. The van der Waals surface area contributed by atoms with Crippen molar-refractivity contribution in [3.63, 3.8) is 0 Å². The topological polar surface area (TPSA) is 75.7 Å². The quantitative estimate of drug-likeness (QED) is 0.899. The van der Waals surface area contributed by atoms with Crippen LogP contribution in [0.5, 0.6) is 5.75 Å². The lowest BCUT2D eigenvalue weighted by atomic mass is 9.83. The minimum atomic E-state index is -0.416. The Hall–Kier alpha value is -2.34. The van der Waals surface area contributed by atoms with E-state index in [1.807, 2.05) is 16.7 Å². The van der Waals surface area contributed by atoms with Crippen molar-refractivity contribution in [3.8, 4) is 5.75 Å². The third kappa shape index (κ3) is 2.59. The van der Waals surface area contributed by atoms with Gasteiger partial charge in [-0.1, -0.05) is 6.07 Å². The summed E-state index contributed by atoms with van der Waals surface area (Å²) >= 11 is 0. The molecule has 2 aromatic rings. The van der Waals surface area contributed by atoms with Crippen molar-refractivity contribution in [1.29, 1.82) is 0 Å². The lowest BCUT2D eigenvalue weighted by Gasteiger charge is -2.42. The SMILES string of the molecule is O=c1cc(CN2C[C@@H]3C[C@H](C2)c2cccc(=O)n2C3)occ1O. The second-order valence-corrected chi connectivity index (χ2v) is 6.49. The molecule has 2 bridgehead atoms. The van der Waals surface area contributed by atoms with Crippen LogP contribution in [0.25, 0.3) is 0 Å². The summed E-state index contributed by atoms with van der Waals surface area (Å²) < 4.78 is 7.21. The normalized spacial score (nSPS) is 23.5. The number of hydrogen-bond donors (Lipinski definition) is 1. The predicted molar refractivity (Wildman–Crippen MR) is 83.5 cm³/mol. The Morgan fingerprint density at radius 2 is 2.09 bits per heavy atom. The number of hydrogen-bond acceptors (Lipinski definition) is 5. The van der Waals surface area contributed by atoms with Crippen LogP contribution in [0.2, 0.25) is 0 Å². The molecule has 23 heavy (non-hydrogen) atoms. The Bertz CT molecular complexity index is 854. The van der Waals surface area contributed by atoms with Crippen molar-refractivity contribution >= 4 is 0 Å². The van der Waals surface area contributed by atoms with E-state index in [2.05, 4.69) is 4.90 Å². The Morgan fingerprint density at radius 3 is 2.91 bits per heavy atom. The van der Waals surface area contributed by atoms with Gasteiger partial charge in [0.05, 0.1) is 6.54 Å². The molecule has 0 amide bonds. The van der Waals surface area contributed by atoms with Crippen LogP contribution in [0, 0.1) is 5.92 Å². The van der Waals surface area contributed by atoms with E-state index in [0.717, 1.165) is 38.0 Å². The molecule has 2 aliphatic heterocycles. The van der Waals surface area contributed by atoms with Gasteiger partial charge in [-0.15, -0.1) is 0 Å². The van der Waals surface area contributed by atoms with Crippen LogP contribution in [0.4, 0.5) is 0 Å². The van der Waals surface area contributed by atoms with E-state index in [-0.39, 0.29) is 11.3 Å². The molecule has 0 unspecified atom stereocenters. The van der Waals surface area contributed by atoms with Gasteiger partial charge < -0.3 is 14.1 Å². The molecule has 0 aromatic carbocycles. The summed E-state index contributed by atoms with van der Waals surface area (Å²) in [7, 11) is 0. The fourth-order valence-corrected chi connectivity index (χ4v) is 3.87. The highest BCUT2D eigenvalue weighted by Gasteiger charge is 2.34. The van der Waals surface area contributed by atoms with Crippen molar-refractivity contribution < 1.29 is 9.52 Å². The third-order valence-electron chi connectivity index (χ3n) is 4.80. The van der Waals surface area contributed by atoms with Gasteiger partial charge in [0.25, 0.3) is 5.56 Å². The monoisotopic (exact) mass is 314 g/mol. The van der Waals surface area contributed by atoms with E-state index in [1.165, 1.54) is 6.07 Å². The average molecular weight is 314 g/mol. The van der Waals surface area contributed by atoms with Crippen molar-refractivity contribution in [1.82, 2.24) is 9.47 Å². The highest BCUT2D eigenvalue weighted by molar-refractivity contribution is 5.18. The highest BCUT2D eigenvalue weighted by atomic mass is 16.4. The maximum atomic E-state index is 12.0. The van der Waals surface area contributed by atoms with Gasteiger partial charge in [0.1, 0.15) is 12.0 Å². The summed E-state index contributed by atoms with van der Waals surface area (Å²) in [5.74, 6) is 0.959. The molecule has 4 heterocycles. The average Bonchev–Trinajstić information content (AvgIpc) is 2.52. The van der Waals surface area contributed by atoms with Crippen LogP contribution in [0.3, 0.4) is 0 Å². The van der Waals surface area contributed by atoms with Crippen molar-refractivity contribution in [2.75, 3.05) is 13.1 Å². The summed E-state index contributed by atoms with van der Waals surface area (Å²) in [5.41, 5.74) is 0.765.